The molecule has 1 fully saturated rings. The lowest BCUT2D eigenvalue weighted by Gasteiger charge is -2.16. The SMILES string of the molecule is COC(=O)[C@H](CCCCN1OC1c1ccccc1)NC(=O)OCc1ccccc1. The van der Waals surface area contributed by atoms with Gasteiger partial charge >= 0.3 is 12.1 Å². The molecule has 0 aliphatic carbocycles. The molecule has 7 nitrogen and oxygen atoms in total. The molecule has 0 bridgehead atoms. The molecule has 1 N–H and O–H groups in total. The van der Waals surface area contributed by atoms with E-state index in [0.29, 0.717) is 6.42 Å². The predicted octanol–water partition coefficient (Wildman–Crippen LogP) is 3.57. The zero-order valence-corrected chi connectivity index (χ0v) is 16.5. The highest BCUT2D eigenvalue weighted by Gasteiger charge is 2.37. The molecule has 1 aliphatic heterocycles. The molecule has 29 heavy (non-hydrogen) atoms. The van der Waals surface area contributed by atoms with Crippen molar-refractivity contribution in [2.24, 2.45) is 0 Å². The Morgan fingerprint density at radius 1 is 1.07 bits per heavy atom. The fourth-order valence-electron chi connectivity index (χ4n) is 3.03. The minimum atomic E-state index is -0.733. The Bertz CT molecular complexity index is 784. The second-order valence-electron chi connectivity index (χ2n) is 6.79. The van der Waals surface area contributed by atoms with Crippen molar-refractivity contribution in [3.05, 3.63) is 71.8 Å². The van der Waals surface area contributed by atoms with E-state index < -0.39 is 18.1 Å². The summed E-state index contributed by atoms with van der Waals surface area (Å²) in [4.78, 5) is 29.6. The van der Waals surface area contributed by atoms with Crippen LogP contribution in [0, 0.1) is 0 Å². The second-order valence-corrected chi connectivity index (χ2v) is 6.79. The molecule has 1 amide bonds. The lowest BCUT2D eigenvalue weighted by molar-refractivity contribution is -0.143. The predicted molar refractivity (Wildman–Crippen MR) is 106 cm³/mol. The van der Waals surface area contributed by atoms with Crippen LogP contribution >= 0.6 is 0 Å². The fraction of sp³-hybridized carbons (Fsp3) is 0.364. The van der Waals surface area contributed by atoms with E-state index >= 15 is 0 Å². The number of esters is 1. The van der Waals surface area contributed by atoms with Gasteiger partial charge < -0.3 is 14.8 Å². The molecule has 0 aromatic heterocycles. The van der Waals surface area contributed by atoms with Crippen molar-refractivity contribution in [2.75, 3.05) is 13.7 Å². The number of unbranched alkanes of at least 4 members (excludes halogenated alkanes) is 1. The van der Waals surface area contributed by atoms with E-state index in [4.69, 9.17) is 14.3 Å². The second kappa shape index (κ2) is 10.6. The number of alkyl carbamates (subject to hydrolysis) is 1. The van der Waals surface area contributed by atoms with Gasteiger partial charge in [0.15, 0.2) is 6.23 Å². The number of hydrogen-bond donors (Lipinski definition) is 1. The van der Waals surface area contributed by atoms with E-state index in [1.54, 1.807) is 0 Å². The Balaban J connectivity index is 1.36. The first-order valence-electron chi connectivity index (χ1n) is 9.71. The highest BCUT2D eigenvalue weighted by molar-refractivity contribution is 5.81. The molecule has 3 atom stereocenters. The van der Waals surface area contributed by atoms with Crippen molar-refractivity contribution in [2.45, 2.75) is 38.1 Å². The van der Waals surface area contributed by atoms with Gasteiger partial charge in [-0.05, 0) is 30.4 Å². The summed E-state index contributed by atoms with van der Waals surface area (Å²) in [5, 5.41) is 4.50. The van der Waals surface area contributed by atoms with Crippen LogP contribution in [0.4, 0.5) is 4.79 Å². The molecule has 2 unspecified atom stereocenters. The standard InChI is InChI=1S/C22H26N2O5/c1-27-21(25)19(23-22(26)28-16-17-10-4-2-5-11-17)14-8-9-15-24-20(29-24)18-12-6-3-7-13-18/h2-7,10-13,19-20H,8-9,14-16H2,1H3,(H,23,26)/t19-,20?,24?/m0/s1. The summed E-state index contributed by atoms with van der Waals surface area (Å²) < 4.78 is 9.98. The van der Waals surface area contributed by atoms with Gasteiger partial charge in [-0.15, -0.1) is 0 Å². The summed E-state index contributed by atoms with van der Waals surface area (Å²) in [5.74, 6) is -0.480. The third-order valence-corrected chi connectivity index (χ3v) is 4.65. The Morgan fingerprint density at radius 2 is 1.76 bits per heavy atom. The normalized spacial score (nSPS) is 18.5. The number of amides is 1. The van der Waals surface area contributed by atoms with Crippen LogP contribution in [0.1, 0.15) is 36.6 Å². The molecule has 154 valence electrons. The topological polar surface area (TPSA) is 80.2 Å². The number of benzene rings is 2. The third-order valence-electron chi connectivity index (χ3n) is 4.65. The van der Waals surface area contributed by atoms with E-state index in [1.165, 1.54) is 7.11 Å². The van der Waals surface area contributed by atoms with Gasteiger partial charge in [-0.1, -0.05) is 60.7 Å². The molecule has 3 rings (SSSR count). The minimum Gasteiger partial charge on any atom is -0.467 e. The number of carbonyl (C=O) groups excluding carboxylic acids is 2. The Morgan fingerprint density at radius 3 is 2.45 bits per heavy atom. The van der Waals surface area contributed by atoms with Gasteiger partial charge in [0.2, 0.25) is 0 Å². The summed E-state index contributed by atoms with van der Waals surface area (Å²) in [7, 11) is 1.31. The average Bonchev–Trinajstić information content (AvgIpc) is 3.55. The molecular formula is C22H26N2O5. The number of methoxy groups -OCH3 is 1. The maximum atomic E-state index is 12.0. The van der Waals surface area contributed by atoms with Gasteiger partial charge in [-0.25, -0.2) is 9.59 Å². The van der Waals surface area contributed by atoms with Crippen LogP contribution in [0.5, 0.6) is 0 Å². The van der Waals surface area contributed by atoms with E-state index in [2.05, 4.69) is 5.32 Å². The first-order chi connectivity index (χ1) is 14.2. The summed E-state index contributed by atoms with van der Waals surface area (Å²) in [6.45, 7) is 0.902. The minimum absolute atomic E-state index is 0.0127. The lowest BCUT2D eigenvalue weighted by Crippen LogP contribution is -2.41. The number of nitrogens with one attached hydrogen (secondary N) is 1. The van der Waals surface area contributed by atoms with Crippen molar-refractivity contribution >= 4 is 12.1 Å². The van der Waals surface area contributed by atoms with Crippen LogP contribution in [-0.2, 0) is 25.7 Å². The summed E-state index contributed by atoms with van der Waals surface area (Å²) >= 11 is 0. The van der Waals surface area contributed by atoms with E-state index in [-0.39, 0.29) is 12.8 Å². The van der Waals surface area contributed by atoms with Gasteiger partial charge in [0.05, 0.1) is 7.11 Å². The zero-order chi connectivity index (χ0) is 20.5. The highest BCUT2D eigenvalue weighted by atomic mass is 16.8. The quantitative estimate of drug-likeness (QED) is 0.374. The first-order valence-corrected chi connectivity index (χ1v) is 9.71. The highest BCUT2D eigenvalue weighted by Crippen LogP contribution is 2.36. The van der Waals surface area contributed by atoms with Crippen LogP contribution in [0.15, 0.2) is 60.7 Å². The Hall–Kier alpha value is -2.90. The molecule has 0 spiro atoms. The van der Waals surface area contributed by atoms with Gasteiger partial charge in [0.25, 0.3) is 0 Å². The molecule has 7 heteroatoms. The fourth-order valence-corrected chi connectivity index (χ4v) is 3.03. The Kier molecular flexibility index (Phi) is 7.61. The van der Waals surface area contributed by atoms with Crippen molar-refractivity contribution in [1.29, 1.82) is 0 Å². The van der Waals surface area contributed by atoms with Crippen LogP contribution in [0.25, 0.3) is 0 Å². The van der Waals surface area contributed by atoms with Crippen LogP contribution in [-0.4, -0.2) is 36.8 Å². The Labute approximate surface area is 170 Å². The molecule has 2 aromatic carbocycles. The average molecular weight is 398 g/mol. The van der Waals surface area contributed by atoms with Gasteiger partial charge in [-0.2, -0.15) is 5.06 Å². The molecule has 0 saturated carbocycles. The van der Waals surface area contributed by atoms with Crippen molar-refractivity contribution in [3.63, 3.8) is 0 Å². The van der Waals surface area contributed by atoms with Crippen LogP contribution < -0.4 is 5.32 Å². The zero-order valence-electron chi connectivity index (χ0n) is 16.5. The summed E-state index contributed by atoms with van der Waals surface area (Å²) in [5.41, 5.74) is 2.01. The largest absolute Gasteiger partial charge is 0.467 e. The van der Waals surface area contributed by atoms with E-state index in [1.807, 2.05) is 65.7 Å². The molecular weight excluding hydrogens is 372 g/mol. The van der Waals surface area contributed by atoms with Crippen LogP contribution in [0.3, 0.4) is 0 Å². The number of hydroxylamine groups is 2. The van der Waals surface area contributed by atoms with Gasteiger partial charge in [0.1, 0.15) is 12.6 Å². The number of hydrogen-bond acceptors (Lipinski definition) is 6. The number of rotatable bonds is 10. The maximum Gasteiger partial charge on any atom is 0.408 e. The van der Waals surface area contributed by atoms with E-state index in [9.17, 15) is 9.59 Å². The number of nitrogens with zero attached hydrogens (tertiary/aromatic N) is 1. The van der Waals surface area contributed by atoms with Crippen molar-refractivity contribution < 1.29 is 23.9 Å². The molecule has 1 aliphatic rings. The monoisotopic (exact) mass is 398 g/mol. The molecule has 2 aromatic rings. The van der Waals surface area contributed by atoms with Gasteiger partial charge in [-0.3, -0.25) is 4.84 Å². The smallest absolute Gasteiger partial charge is 0.408 e. The van der Waals surface area contributed by atoms with E-state index in [0.717, 1.165) is 30.5 Å². The number of carbonyl (C=O) groups is 2. The van der Waals surface area contributed by atoms with Crippen molar-refractivity contribution in [3.8, 4) is 0 Å². The lowest BCUT2D eigenvalue weighted by atomic mass is 10.1. The van der Waals surface area contributed by atoms with Crippen LogP contribution in [0.2, 0.25) is 0 Å². The van der Waals surface area contributed by atoms with Gasteiger partial charge in [0, 0.05) is 6.54 Å². The molecule has 1 saturated heterocycles. The summed E-state index contributed by atoms with van der Waals surface area (Å²) in [6, 6.07) is 18.6. The molecule has 1 heterocycles. The van der Waals surface area contributed by atoms with Crippen molar-refractivity contribution in [1.82, 2.24) is 10.4 Å². The summed E-state index contributed by atoms with van der Waals surface area (Å²) in [6.07, 6.45) is 1.41. The first kappa shape index (κ1) is 20.8. The number of ether oxygens (including phenoxy) is 2. The maximum absolute atomic E-state index is 12.0. The third kappa shape index (κ3) is 6.58. The molecule has 0 radical (unpaired) electrons.